The summed E-state index contributed by atoms with van der Waals surface area (Å²) in [6, 6.07) is 18.4. The third kappa shape index (κ3) is 2.03. The quantitative estimate of drug-likeness (QED) is 0.870. The molecule has 1 heterocycles. The molecule has 2 aromatic carbocycles. The summed E-state index contributed by atoms with van der Waals surface area (Å²) >= 11 is 0. The molecule has 0 aliphatic carbocycles. The van der Waals surface area contributed by atoms with Crippen molar-refractivity contribution in [3.05, 3.63) is 71.3 Å². The van der Waals surface area contributed by atoms with Crippen molar-refractivity contribution in [3.63, 3.8) is 0 Å². The van der Waals surface area contributed by atoms with Gasteiger partial charge in [-0.1, -0.05) is 61.5 Å². The van der Waals surface area contributed by atoms with Crippen LogP contribution in [-0.2, 0) is 4.79 Å². The summed E-state index contributed by atoms with van der Waals surface area (Å²) < 4.78 is 0. The summed E-state index contributed by atoms with van der Waals surface area (Å²) in [6.07, 6.45) is 0.838. The van der Waals surface area contributed by atoms with Gasteiger partial charge in [0.2, 0.25) is 5.91 Å². The van der Waals surface area contributed by atoms with Crippen LogP contribution in [0.1, 0.15) is 42.0 Å². The monoisotopic (exact) mass is 251 g/mol. The van der Waals surface area contributed by atoms with Crippen LogP contribution >= 0.6 is 0 Å². The minimum Gasteiger partial charge on any atom is -0.345 e. The van der Waals surface area contributed by atoms with Crippen molar-refractivity contribution in [1.82, 2.24) is 5.32 Å². The van der Waals surface area contributed by atoms with E-state index in [1.54, 1.807) is 0 Å². The molecule has 96 valence electrons. The van der Waals surface area contributed by atoms with E-state index in [1.807, 2.05) is 30.3 Å². The smallest absolute Gasteiger partial charge is 0.228 e. The number of rotatable bonds is 2. The first-order valence-corrected chi connectivity index (χ1v) is 6.75. The van der Waals surface area contributed by atoms with Gasteiger partial charge >= 0.3 is 0 Å². The third-order valence-electron chi connectivity index (χ3n) is 3.83. The first-order valence-electron chi connectivity index (χ1n) is 6.75. The van der Waals surface area contributed by atoms with Gasteiger partial charge in [0.15, 0.2) is 0 Å². The summed E-state index contributed by atoms with van der Waals surface area (Å²) in [7, 11) is 0. The van der Waals surface area contributed by atoms with E-state index in [0.717, 1.165) is 12.0 Å². The van der Waals surface area contributed by atoms with Gasteiger partial charge in [-0.15, -0.1) is 0 Å². The highest BCUT2D eigenvalue weighted by Gasteiger charge is 2.32. The molecule has 19 heavy (non-hydrogen) atoms. The van der Waals surface area contributed by atoms with Crippen molar-refractivity contribution < 1.29 is 4.79 Å². The van der Waals surface area contributed by atoms with Gasteiger partial charge in [-0.05, 0) is 23.1 Å². The number of amides is 1. The SMILES string of the molecule is CCC1C(=O)NC(c2ccccc2)c2ccccc21. The van der Waals surface area contributed by atoms with E-state index >= 15 is 0 Å². The number of benzene rings is 2. The van der Waals surface area contributed by atoms with Gasteiger partial charge in [-0.3, -0.25) is 4.79 Å². The molecule has 1 amide bonds. The van der Waals surface area contributed by atoms with Crippen LogP contribution in [0.4, 0.5) is 0 Å². The van der Waals surface area contributed by atoms with Crippen LogP contribution in [0.15, 0.2) is 54.6 Å². The van der Waals surface area contributed by atoms with Crippen LogP contribution < -0.4 is 5.32 Å². The molecule has 0 saturated heterocycles. The molecule has 2 nitrogen and oxygen atoms in total. The van der Waals surface area contributed by atoms with E-state index in [2.05, 4.69) is 36.5 Å². The van der Waals surface area contributed by atoms with Crippen molar-refractivity contribution in [2.45, 2.75) is 25.3 Å². The first kappa shape index (κ1) is 12.0. The Labute approximate surface area is 113 Å². The maximum atomic E-state index is 12.3. The lowest BCUT2D eigenvalue weighted by atomic mass is 9.82. The van der Waals surface area contributed by atoms with E-state index in [1.165, 1.54) is 11.1 Å². The summed E-state index contributed by atoms with van der Waals surface area (Å²) in [5.74, 6) is 0.117. The second-order valence-electron chi connectivity index (χ2n) is 4.94. The summed E-state index contributed by atoms with van der Waals surface area (Å²) in [6.45, 7) is 2.06. The van der Waals surface area contributed by atoms with Crippen LogP contribution in [0.25, 0.3) is 0 Å². The second-order valence-corrected chi connectivity index (χ2v) is 4.94. The zero-order chi connectivity index (χ0) is 13.2. The Bertz CT molecular complexity index is 591. The van der Waals surface area contributed by atoms with E-state index in [9.17, 15) is 4.79 Å². The van der Waals surface area contributed by atoms with Crippen LogP contribution in [0, 0.1) is 0 Å². The van der Waals surface area contributed by atoms with Crippen LogP contribution in [0.5, 0.6) is 0 Å². The Balaban J connectivity index is 2.11. The van der Waals surface area contributed by atoms with Crippen molar-refractivity contribution in [1.29, 1.82) is 0 Å². The second kappa shape index (κ2) is 4.88. The molecule has 2 unspecified atom stereocenters. The van der Waals surface area contributed by atoms with E-state index in [4.69, 9.17) is 0 Å². The van der Waals surface area contributed by atoms with Crippen LogP contribution in [0.2, 0.25) is 0 Å². The van der Waals surface area contributed by atoms with Crippen molar-refractivity contribution in [2.75, 3.05) is 0 Å². The number of hydrogen-bond acceptors (Lipinski definition) is 1. The highest BCUT2D eigenvalue weighted by Crippen LogP contribution is 2.35. The standard InChI is InChI=1S/C17H17NO/c1-2-13-14-10-6-7-11-15(14)16(18-17(13)19)12-8-4-3-5-9-12/h3-11,13,16H,2H2,1H3,(H,18,19). The molecule has 2 atom stereocenters. The van der Waals surface area contributed by atoms with Crippen molar-refractivity contribution in [3.8, 4) is 0 Å². The predicted octanol–water partition coefficient (Wildman–Crippen LogP) is 3.40. The molecule has 0 spiro atoms. The lowest BCUT2D eigenvalue weighted by Crippen LogP contribution is -2.38. The maximum Gasteiger partial charge on any atom is 0.228 e. The highest BCUT2D eigenvalue weighted by atomic mass is 16.2. The average molecular weight is 251 g/mol. The van der Waals surface area contributed by atoms with Gasteiger partial charge in [0.05, 0.1) is 12.0 Å². The number of hydrogen-bond donors (Lipinski definition) is 1. The van der Waals surface area contributed by atoms with Gasteiger partial charge in [0.1, 0.15) is 0 Å². The maximum absolute atomic E-state index is 12.3. The third-order valence-corrected chi connectivity index (χ3v) is 3.83. The Morgan fingerprint density at radius 1 is 0.947 bits per heavy atom. The van der Waals surface area contributed by atoms with Gasteiger partial charge in [-0.25, -0.2) is 0 Å². The lowest BCUT2D eigenvalue weighted by Gasteiger charge is -2.31. The number of fused-ring (bicyclic) bond motifs is 1. The Morgan fingerprint density at radius 2 is 1.58 bits per heavy atom. The first-order chi connectivity index (χ1) is 9.31. The fraction of sp³-hybridized carbons (Fsp3) is 0.235. The minimum atomic E-state index is -0.0206. The molecule has 2 aromatic rings. The molecule has 1 aliphatic rings. The number of nitrogens with one attached hydrogen (secondary N) is 1. The molecule has 0 aromatic heterocycles. The molecule has 0 radical (unpaired) electrons. The number of carbonyl (C=O) groups is 1. The zero-order valence-electron chi connectivity index (χ0n) is 11.0. The molecule has 0 fully saturated rings. The average Bonchev–Trinajstić information content (AvgIpc) is 2.47. The summed E-state index contributed by atoms with van der Waals surface area (Å²) in [5.41, 5.74) is 3.53. The molecular formula is C17H17NO. The van der Waals surface area contributed by atoms with Crippen molar-refractivity contribution in [2.24, 2.45) is 0 Å². The molecule has 1 N–H and O–H groups in total. The molecule has 0 bridgehead atoms. The number of carbonyl (C=O) groups excluding carboxylic acids is 1. The summed E-state index contributed by atoms with van der Waals surface area (Å²) in [4.78, 5) is 12.3. The fourth-order valence-corrected chi connectivity index (χ4v) is 2.87. The van der Waals surface area contributed by atoms with Crippen LogP contribution in [-0.4, -0.2) is 5.91 Å². The molecule has 1 aliphatic heterocycles. The lowest BCUT2D eigenvalue weighted by molar-refractivity contribution is -0.123. The highest BCUT2D eigenvalue weighted by molar-refractivity contribution is 5.87. The fourth-order valence-electron chi connectivity index (χ4n) is 2.87. The predicted molar refractivity (Wildman–Crippen MR) is 75.9 cm³/mol. The molecule has 2 heteroatoms. The van der Waals surface area contributed by atoms with Gasteiger partial charge in [-0.2, -0.15) is 0 Å². The van der Waals surface area contributed by atoms with Crippen LogP contribution in [0.3, 0.4) is 0 Å². The Hall–Kier alpha value is -2.09. The Kier molecular flexibility index (Phi) is 3.08. The topological polar surface area (TPSA) is 29.1 Å². The minimum absolute atomic E-state index is 0.0174. The van der Waals surface area contributed by atoms with Crippen molar-refractivity contribution >= 4 is 5.91 Å². The van der Waals surface area contributed by atoms with Gasteiger partial charge in [0.25, 0.3) is 0 Å². The molecule has 3 rings (SSSR count). The zero-order valence-corrected chi connectivity index (χ0v) is 11.0. The Morgan fingerprint density at radius 3 is 2.26 bits per heavy atom. The molecule has 0 saturated carbocycles. The largest absolute Gasteiger partial charge is 0.345 e. The van der Waals surface area contributed by atoms with Gasteiger partial charge in [0, 0.05) is 0 Å². The van der Waals surface area contributed by atoms with Gasteiger partial charge < -0.3 is 5.32 Å². The normalized spacial score (nSPS) is 21.6. The van der Waals surface area contributed by atoms with E-state index in [0.29, 0.717) is 0 Å². The van der Waals surface area contributed by atoms with E-state index < -0.39 is 0 Å². The molecular weight excluding hydrogens is 234 g/mol. The summed E-state index contributed by atoms with van der Waals surface area (Å²) in [5, 5.41) is 3.15. The van der Waals surface area contributed by atoms with E-state index in [-0.39, 0.29) is 17.9 Å².